The van der Waals surface area contributed by atoms with Crippen LogP contribution in [0.4, 0.5) is 20.4 Å². The van der Waals surface area contributed by atoms with Crippen LogP contribution in [-0.4, -0.2) is 42.4 Å². The molecule has 4 rings (SSSR count). The van der Waals surface area contributed by atoms with E-state index in [0.29, 0.717) is 40.7 Å². The molecule has 0 bridgehead atoms. The van der Waals surface area contributed by atoms with Crippen LogP contribution in [0.5, 0.6) is 0 Å². The summed E-state index contributed by atoms with van der Waals surface area (Å²) in [7, 11) is -0.380. The third kappa shape index (κ3) is 6.59. The van der Waals surface area contributed by atoms with Gasteiger partial charge < -0.3 is 10.6 Å². The highest BCUT2D eigenvalue weighted by molar-refractivity contribution is 7.92. The number of hydrogen-bond donors (Lipinski definition) is 2. The lowest BCUT2D eigenvalue weighted by Gasteiger charge is -2.13. The molecule has 0 fully saturated rings. The molecule has 4 aromatic rings. The molecule has 206 valence electrons. The van der Waals surface area contributed by atoms with E-state index >= 15 is 0 Å². The van der Waals surface area contributed by atoms with Crippen LogP contribution in [0.25, 0.3) is 11.3 Å². The standard InChI is InChI=1S/C29H28F2N6O2S/c1-5-25-23(28(35-29(32)34-25)21-8-6-7-20(13-21)17-37(3)4)11-9-19-14-26(18(2)33-16-19)36-40(38,39)27-12-10-22(30)15-24(27)31/h6-8,10,12-16,36H,5,17H2,1-4H3,(H2,32,34,35). The summed E-state index contributed by atoms with van der Waals surface area (Å²) in [5.41, 5.74) is 10.7. The summed E-state index contributed by atoms with van der Waals surface area (Å²) >= 11 is 0. The second kappa shape index (κ2) is 11.8. The van der Waals surface area contributed by atoms with Gasteiger partial charge >= 0.3 is 0 Å². The minimum atomic E-state index is -4.36. The number of pyridine rings is 1. The van der Waals surface area contributed by atoms with Gasteiger partial charge in [0.05, 0.1) is 28.3 Å². The lowest BCUT2D eigenvalue weighted by atomic mass is 10.0. The molecule has 40 heavy (non-hydrogen) atoms. The molecule has 0 saturated heterocycles. The number of nitrogens with two attached hydrogens (primary N) is 1. The topological polar surface area (TPSA) is 114 Å². The number of anilines is 2. The SMILES string of the molecule is CCc1nc(N)nc(-c2cccc(CN(C)C)c2)c1C#Cc1cnc(C)c(NS(=O)(=O)c2ccc(F)cc2F)c1. The molecule has 8 nitrogen and oxygen atoms in total. The molecule has 0 amide bonds. The predicted molar refractivity (Wildman–Crippen MR) is 151 cm³/mol. The number of nitrogens with zero attached hydrogens (tertiary/aromatic N) is 4. The monoisotopic (exact) mass is 562 g/mol. The number of hydrogen-bond acceptors (Lipinski definition) is 7. The first kappa shape index (κ1) is 28.6. The van der Waals surface area contributed by atoms with Gasteiger partial charge in [-0.2, -0.15) is 0 Å². The van der Waals surface area contributed by atoms with Crippen molar-refractivity contribution in [1.29, 1.82) is 0 Å². The van der Waals surface area contributed by atoms with E-state index in [1.54, 1.807) is 6.92 Å². The maximum absolute atomic E-state index is 14.2. The van der Waals surface area contributed by atoms with Crippen LogP contribution in [0.2, 0.25) is 0 Å². The summed E-state index contributed by atoms with van der Waals surface area (Å²) in [5, 5.41) is 0. The quantitative estimate of drug-likeness (QED) is 0.318. The van der Waals surface area contributed by atoms with Gasteiger partial charge in [-0.25, -0.2) is 27.2 Å². The summed E-state index contributed by atoms with van der Waals surface area (Å²) < 4.78 is 55.4. The zero-order valence-corrected chi connectivity index (χ0v) is 23.3. The van der Waals surface area contributed by atoms with Crippen molar-refractivity contribution >= 4 is 21.7 Å². The average Bonchev–Trinajstić information content (AvgIpc) is 2.88. The molecule has 2 aromatic carbocycles. The lowest BCUT2D eigenvalue weighted by Crippen LogP contribution is -2.16. The summed E-state index contributed by atoms with van der Waals surface area (Å²) in [6.07, 6.45) is 2.06. The molecule has 2 aromatic heterocycles. The molecule has 0 aliphatic carbocycles. The van der Waals surface area contributed by atoms with Gasteiger partial charge in [0.25, 0.3) is 10.0 Å². The maximum atomic E-state index is 14.2. The maximum Gasteiger partial charge on any atom is 0.264 e. The molecule has 0 aliphatic heterocycles. The van der Waals surface area contributed by atoms with Gasteiger partial charge in [0.1, 0.15) is 16.5 Å². The number of halogens is 2. The average molecular weight is 563 g/mol. The minimum Gasteiger partial charge on any atom is -0.368 e. The van der Waals surface area contributed by atoms with Crippen molar-refractivity contribution in [2.24, 2.45) is 0 Å². The number of nitrogens with one attached hydrogen (secondary N) is 1. The van der Waals surface area contributed by atoms with Crippen LogP contribution in [-0.2, 0) is 23.0 Å². The molecule has 0 unspecified atom stereocenters. The largest absolute Gasteiger partial charge is 0.368 e. The van der Waals surface area contributed by atoms with Crippen molar-refractivity contribution in [3.8, 4) is 23.1 Å². The summed E-state index contributed by atoms with van der Waals surface area (Å²) in [6.45, 7) is 4.28. The molecular formula is C29H28F2N6O2S. The van der Waals surface area contributed by atoms with E-state index in [-0.39, 0.29) is 11.6 Å². The predicted octanol–water partition coefficient (Wildman–Crippen LogP) is 4.53. The zero-order chi connectivity index (χ0) is 29.0. The van der Waals surface area contributed by atoms with Crippen LogP contribution in [0.1, 0.15) is 35.0 Å². The van der Waals surface area contributed by atoms with E-state index in [0.717, 1.165) is 29.8 Å². The van der Waals surface area contributed by atoms with Crippen LogP contribution in [0.15, 0.2) is 59.6 Å². The number of rotatable bonds is 7. The number of aryl methyl sites for hydroxylation is 2. The Balaban J connectivity index is 1.74. The van der Waals surface area contributed by atoms with Gasteiger partial charge in [0.2, 0.25) is 5.95 Å². The van der Waals surface area contributed by atoms with E-state index < -0.39 is 26.6 Å². The molecule has 2 heterocycles. The molecule has 3 N–H and O–H groups in total. The first-order valence-electron chi connectivity index (χ1n) is 12.3. The van der Waals surface area contributed by atoms with Gasteiger partial charge in [-0.3, -0.25) is 9.71 Å². The lowest BCUT2D eigenvalue weighted by molar-refractivity contribution is 0.402. The molecular weight excluding hydrogens is 534 g/mol. The van der Waals surface area contributed by atoms with Crippen LogP contribution in [0, 0.1) is 30.4 Å². The number of aromatic nitrogens is 3. The fraction of sp³-hybridized carbons (Fsp3) is 0.207. The van der Waals surface area contributed by atoms with E-state index in [9.17, 15) is 17.2 Å². The van der Waals surface area contributed by atoms with E-state index in [1.165, 1.54) is 12.3 Å². The Labute approximate surface area is 232 Å². The smallest absolute Gasteiger partial charge is 0.264 e. The summed E-state index contributed by atoms with van der Waals surface area (Å²) in [6, 6.07) is 11.7. The highest BCUT2D eigenvalue weighted by atomic mass is 32.2. The highest BCUT2D eigenvalue weighted by Gasteiger charge is 2.21. The van der Waals surface area contributed by atoms with Crippen molar-refractivity contribution in [1.82, 2.24) is 19.9 Å². The minimum absolute atomic E-state index is 0.108. The normalized spacial score (nSPS) is 11.3. The van der Waals surface area contributed by atoms with Crippen molar-refractivity contribution in [2.45, 2.75) is 31.7 Å². The summed E-state index contributed by atoms with van der Waals surface area (Å²) in [4.78, 5) is 14.5. The van der Waals surface area contributed by atoms with E-state index in [1.807, 2.05) is 45.3 Å². The Morgan fingerprint density at radius 3 is 2.52 bits per heavy atom. The Hall–Kier alpha value is -4.40. The van der Waals surface area contributed by atoms with Crippen molar-refractivity contribution in [3.05, 3.63) is 94.4 Å². The van der Waals surface area contributed by atoms with Crippen LogP contribution >= 0.6 is 0 Å². The highest BCUT2D eigenvalue weighted by Crippen LogP contribution is 2.26. The molecule has 0 aliphatic rings. The molecule has 0 saturated carbocycles. The van der Waals surface area contributed by atoms with Gasteiger partial charge in [-0.1, -0.05) is 37.0 Å². The second-order valence-corrected chi connectivity index (χ2v) is 11.0. The Morgan fingerprint density at radius 2 is 1.82 bits per heavy atom. The Bertz CT molecular complexity index is 1750. The number of sulfonamides is 1. The fourth-order valence-electron chi connectivity index (χ4n) is 4.04. The van der Waals surface area contributed by atoms with Crippen LogP contribution in [0.3, 0.4) is 0 Å². The van der Waals surface area contributed by atoms with Crippen molar-refractivity contribution < 1.29 is 17.2 Å². The summed E-state index contributed by atoms with van der Waals surface area (Å²) in [5.74, 6) is 4.21. The number of nitrogen functional groups attached to an aromatic ring is 1. The van der Waals surface area contributed by atoms with E-state index in [2.05, 4.69) is 36.4 Å². The molecule has 0 radical (unpaired) electrons. The van der Waals surface area contributed by atoms with Crippen molar-refractivity contribution in [3.63, 3.8) is 0 Å². The Morgan fingerprint density at radius 1 is 1.05 bits per heavy atom. The van der Waals surface area contributed by atoms with Gasteiger partial charge in [0.15, 0.2) is 0 Å². The molecule has 0 atom stereocenters. The third-order valence-electron chi connectivity index (χ3n) is 5.88. The van der Waals surface area contributed by atoms with Crippen molar-refractivity contribution in [2.75, 3.05) is 24.6 Å². The second-order valence-electron chi connectivity index (χ2n) is 9.33. The van der Waals surface area contributed by atoms with E-state index in [4.69, 9.17) is 5.73 Å². The third-order valence-corrected chi connectivity index (χ3v) is 7.28. The zero-order valence-electron chi connectivity index (χ0n) is 22.5. The van der Waals surface area contributed by atoms with Gasteiger partial charge in [0, 0.05) is 29.9 Å². The first-order valence-corrected chi connectivity index (χ1v) is 13.8. The number of benzene rings is 2. The Kier molecular flexibility index (Phi) is 8.42. The van der Waals surface area contributed by atoms with Gasteiger partial charge in [-0.05, 0) is 57.3 Å². The van der Waals surface area contributed by atoms with Gasteiger partial charge in [-0.15, -0.1) is 0 Å². The molecule has 0 spiro atoms. The first-order chi connectivity index (χ1) is 19.0. The van der Waals surface area contributed by atoms with Crippen LogP contribution < -0.4 is 10.5 Å². The fourth-order valence-corrected chi connectivity index (χ4v) is 5.21. The molecule has 11 heteroatoms.